The van der Waals surface area contributed by atoms with Crippen LogP contribution in [0.3, 0.4) is 0 Å². The van der Waals surface area contributed by atoms with Crippen LogP contribution in [0.15, 0.2) is 23.3 Å². The highest BCUT2D eigenvalue weighted by Crippen LogP contribution is 2.30. The number of H-pyrrole nitrogens is 1. The highest BCUT2D eigenvalue weighted by Gasteiger charge is 2.21. The van der Waals surface area contributed by atoms with E-state index < -0.39 is 0 Å². The maximum atomic E-state index is 11.7. The number of aromatic nitrogens is 4. The van der Waals surface area contributed by atoms with Crippen LogP contribution in [0.5, 0.6) is 0 Å². The topological polar surface area (TPSA) is 89.6 Å². The van der Waals surface area contributed by atoms with Crippen LogP contribution in [0.2, 0.25) is 0 Å². The third kappa shape index (κ3) is 1.61. The zero-order valence-corrected chi connectivity index (χ0v) is 10.1. The summed E-state index contributed by atoms with van der Waals surface area (Å²) in [6, 6.07) is 0.216. The van der Waals surface area contributed by atoms with E-state index in [4.69, 9.17) is 5.73 Å². The molecule has 6 heteroatoms. The minimum atomic E-state index is -0.287. The Morgan fingerprint density at radius 3 is 3.11 bits per heavy atom. The number of anilines is 1. The smallest absolute Gasteiger partial charge is 0.280 e. The summed E-state index contributed by atoms with van der Waals surface area (Å²) < 4.78 is 1.92. The molecule has 0 aliphatic heterocycles. The lowest BCUT2D eigenvalue weighted by Gasteiger charge is -2.12. The molecule has 0 aromatic carbocycles. The fourth-order valence-electron chi connectivity index (χ4n) is 2.45. The number of hydrogen-bond donors (Lipinski definition) is 2. The van der Waals surface area contributed by atoms with Crippen LogP contribution >= 0.6 is 0 Å². The number of nitrogen functional groups attached to an aromatic ring is 1. The molecule has 0 radical (unpaired) electrons. The van der Waals surface area contributed by atoms with Crippen LogP contribution < -0.4 is 11.3 Å². The zero-order valence-electron chi connectivity index (χ0n) is 10.1. The van der Waals surface area contributed by atoms with Crippen molar-refractivity contribution >= 4 is 17.1 Å². The number of nitrogens with one attached hydrogen (secondary N) is 1. The molecule has 3 rings (SSSR count). The second-order valence-corrected chi connectivity index (χ2v) is 4.63. The highest BCUT2D eigenvalue weighted by atomic mass is 16.1. The number of aromatic amines is 1. The van der Waals surface area contributed by atoms with Crippen molar-refractivity contribution in [3.63, 3.8) is 0 Å². The van der Waals surface area contributed by atoms with E-state index in [1.807, 2.05) is 4.57 Å². The Hall–Kier alpha value is -2.11. The van der Waals surface area contributed by atoms with E-state index in [2.05, 4.69) is 34.0 Å². The first-order valence-corrected chi connectivity index (χ1v) is 6.09. The summed E-state index contributed by atoms with van der Waals surface area (Å²) >= 11 is 0. The van der Waals surface area contributed by atoms with Gasteiger partial charge in [0.15, 0.2) is 11.2 Å². The largest absolute Gasteiger partial charge is 0.369 e. The molecular weight excluding hydrogens is 230 g/mol. The molecule has 0 fully saturated rings. The minimum absolute atomic E-state index is 0.128. The summed E-state index contributed by atoms with van der Waals surface area (Å²) in [6.45, 7) is 2.17. The number of nitrogens with two attached hydrogens (primary N) is 1. The lowest BCUT2D eigenvalue weighted by molar-refractivity contribution is 0.502. The quantitative estimate of drug-likeness (QED) is 0.779. The van der Waals surface area contributed by atoms with Gasteiger partial charge in [0.1, 0.15) is 0 Å². The molecule has 1 aliphatic carbocycles. The molecule has 2 aromatic rings. The third-order valence-electron chi connectivity index (χ3n) is 3.48. The first kappa shape index (κ1) is 11.0. The number of hydrogen-bond acceptors (Lipinski definition) is 4. The monoisotopic (exact) mass is 245 g/mol. The predicted octanol–water partition coefficient (Wildman–Crippen LogP) is 1.23. The molecule has 0 saturated heterocycles. The van der Waals surface area contributed by atoms with Gasteiger partial charge >= 0.3 is 0 Å². The van der Waals surface area contributed by atoms with E-state index in [9.17, 15) is 4.79 Å². The molecule has 0 bridgehead atoms. The van der Waals surface area contributed by atoms with Gasteiger partial charge in [-0.25, -0.2) is 4.98 Å². The van der Waals surface area contributed by atoms with Crippen LogP contribution in [0, 0.1) is 5.92 Å². The van der Waals surface area contributed by atoms with Crippen LogP contribution in [-0.4, -0.2) is 19.5 Å². The van der Waals surface area contributed by atoms with Gasteiger partial charge in [0, 0.05) is 0 Å². The molecule has 6 nitrogen and oxygen atoms in total. The summed E-state index contributed by atoms with van der Waals surface area (Å²) in [5.74, 6) is 0.718. The highest BCUT2D eigenvalue weighted by molar-refractivity contribution is 5.70. The van der Waals surface area contributed by atoms with Gasteiger partial charge in [-0.2, -0.15) is 4.98 Å². The maximum absolute atomic E-state index is 11.7. The normalized spacial score (nSPS) is 22.9. The fourth-order valence-corrected chi connectivity index (χ4v) is 2.45. The molecule has 0 spiro atoms. The van der Waals surface area contributed by atoms with Gasteiger partial charge in [-0.1, -0.05) is 19.1 Å². The van der Waals surface area contributed by atoms with Gasteiger partial charge in [-0.15, -0.1) is 0 Å². The van der Waals surface area contributed by atoms with E-state index in [-0.39, 0.29) is 17.5 Å². The zero-order chi connectivity index (χ0) is 12.7. The molecule has 2 atom stereocenters. The average molecular weight is 245 g/mol. The van der Waals surface area contributed by atoms with E-state index >= 15 is 0 Å². The van der Waals surface area contributed by atoms with Crippen LogP contribution in [0.1, 0.15) is 25.8 Å². The standard InChI is InChI=1S/C12H15N5O/c1-2-7-3-4-8(5-7)17-6-14-9-10(17)15-12(13)16-11(9)18/h3-4,6-8H,2,5H2,1H3,(H3,13,15,16,18). The second kappa shape index (κ2) is 3.97. The molecule has 18 heavy (non-hydrogen) atoms. The molecule has 94 valence electrons. The van der Waals surface area contributed by atoms with Gasteiger partial charge in [-0.05, 0) is 18.8 Å². The molecule has 2 heterocycles. The lowest BCUT2D eigenvalue weighted by Crippen LogP contribution is -2.13. The molecule has 0 amide bonds. The Morgan fingerprint density at radius 1 is 1.56 bits per heavy atom. The number of fused-ring (bicyclic) bond motifs is 1. The minimum Gasteiger partial charge on any atom is -0.369 e. The Balaban J connectivity index is 2.09. The Labute approximate surface area is 104 Å². The van der Waals surface area contributed by atoms with E-state index in [0.29, 0.717) is 17.1 Å². The number of allylic oxidation sites excluding steroid dienone is 2. The second-order valence-electron chi connectivity index (χ2n) is 4.63. The Bertz CT molecular complexity index is 669. The molecule has 2 aromatic heterocycles. The molecule has 0 saturated carbocycles. The van der Waals surface area contributed by atoms with Crippen molar-refractivity contribution in [1.29, 1.82) is 0 Å². The third-order valence-corrected chi connectivity index (χ3v) is 3.48. The molecule has 3 N–H and O–H groups in total. The Kier molecular flexibility index (Phi) is 2.43. The number of rotatable bonds is 2. The lowest BCUT2D eigenvalue weighted by atomic mass is 10.1. The van der Waals surface area contributed by atoms with E-state index in [0.717, 1.165) is 12.8 Å². The van der Waals surface area contributed by atoms with Gasteiger partial charge < -0.3 is 10.3 Å². The van der Waals surface area contributed by atoms with Crippen molar-refractivity contribution < 1.29 is 0 Å². The summed E-state index contributed by atoms with van der Waals surface area (Å²) in [7, 11) is 0. The van der Waals surface area contributed by atoms with Gasteiger partial charge in [0.2, 0.25) is 5.95 Å². The van der Waals surface area contributed by atoms with Crippen LogP contribution in [0.25, 0.3) is 11.2 Å². The first-order chi connectivity index (χ1) is 8.69. The van der Waals surface area contributed by atoms with Gasteiger partial charge in [0.25, 0.3) is 5.56 Å². The van der Waals surface area contributed by atoms with Crippen molar-refractivity contribution in [2.75, 3.05) is 5.73 Å². The summed E-state index contributed by atoms with van der Waals surface area (Å²) in [4.78, 5) is 22.4. The summed E-state index contributed by atoms with van der Waals surface area (Å²) in [5.41, 5.74) is 6.20. The summed E-state index contributed by atoms with van der Waals surface area (Å²) in [6.07, 6.45) is 8.17. The van der Waals surface area contributed by atoms with Crippen molar-refractivity contribution in [1.82, 2.24) is 19.5 Å². The maximum Gasteiger partial charge on any atom is 0.280 e. The SMILES string of the molecule is CCC1C=CC(n2cnc3c(=O)[nH]c(N)nc32)C1. The van der Waals surface area contributed by atoms with Crippen LogP contribution in [-0.2, 0) is 0 Å². The molecule has 1 aliphatic rings. The van der Waals surface area contributed by atoms with Crippen molar-refractivity contribution in [3.05, 3.63) is 28.8 Å². The Morgan fingerprint density at radius 2 is 2.39 bits per heavy atom. The average Bonchev–Trinajstić information content (AvgIpc) is 2.93. The van der Waals surface area contributed by atoms with Crippen LogP contribution in [0.4, 0.5) is 5.95 Å². The molecule has 2 unspecified atom stereocenters. The van der Waals surface area contributed by atoms with Crippen molar-refractivity contribution in [2.24, 2.45) is 5.92 Å². The number of nitrogens with zero attached hydrogens (tertiary/aromatic N) is 3. The number of imidazole rings is 1. The van der Waals surface area contributed by atoms with Crippen molar-refractivity contribution in [2.45, 2.75) is 25.8 Å². The molecular formula is C12H15N5O. The fraction of sp³-hybridized carbons (Fsp3) is 0.417. The van der Waals surface area contributed by atoms with E-state index in [1.54, 1.807) is 6.33 Å². The van der Waals surface area contributed by atoms with Gasteiger partial charge in [0.05, 0.1) is 12.4 Å². The van der Waals surface area contributed by atoms with Crippen molar-refractivity contribution in [3.8, 4) is 0 Å². The first-order valence-electron chi connectivity index (χ1n) is 6.09. The predicted molar refractivity (Wildman–Crippen MR) is 69.1 cm³/mol. The summed E-state index contributed by atoms with van der Waals surface area (Å²) in [5, 5.41) is 0. The van der Waals surface area contributed by atoms with Gasteiger partial charge in [-0.3, -0.25) is 9.78 Å². The van der Waals surface area contributed by atoms with E-state index in [1.165, 1.54) is 0 Å².